The van der Waals surface area contributed by atoms with Crippen molar-refractivity contribution in [3.63, 3.8) is 0 Å². The molecule has 1 aliphatic heterocycles. The molecule has 1 aliphatic rings. The molecule has 1 aromatic heterocycles. The average Bonchev–Trinajstić information content (AvgIpc) is 3.40. The normalized spacial score (nSPS) is 17.8. The van der Waals surface area contributed by atoms with E-state index in [9.17, 15) is 9.18 Å². The van der Waals surface area contributed by atoms with E-state index in [0.29, 0.717) is 24.3 Å². The number of amides is 1. The summed E-state index contributed by atoms with van der Waals surface area (Å²) in [6.45, 7) is 4.26. The van der Waals surface area contributed by atoms with E-state index < -0.39 is 12.3 Å². The summed E-state index contributed by atoms with van der Waals surface area (Å²) >= 11 is 0. The molecule has 6 nitrogen and oxygen atoms in total. The molecule has 0 saturated carbocycles. The van der Waals surface area contributed by atoms with E-state index in [0.717, 1.165) is 27.9 Å². The maximum absolute atomic E-state index is 13.7. The predicted octanol–water partition coefficient (Wildman–Crippen LogP) is 5.06. The number of halogens is 1. The molecule has 7 heteroatoms. The van der Waals surface area contributed by atoms with Crippen LogP contribution in [-0.4, -0.2) is 33.2 Å². The largest absolute Gasteiger partial charge is 0.399 e. The van der Waals surface area contributed by atoms with Crippen molar-refractivity contribution in [2.75, 3.05) is 12.3 Å². The Bertz CT molecular complexity index is 1350. The second-order valence-electron chi connectivity index (χ2n) is 8.88. The maximum Gasteiger partial charge on any atom is 0.253 e. The van der Waals surface area contributed by atoms with Crippen molar-refractivity contribution < 1.29 is 13.9 Å². The van der Waals surface area contributed by atoms with Gasteiger partial charge in [0, 0.05) is 29.6 Å². The number of rotatable bonds is 6. The molecule has 0 aliphatic carbocycles. The highest BCUT2D eigenvalue weighted by molar-refractivity contribution is 5.83. The number of aromatic nitrogens is 2. The third kappa shape index (κ3) is 4.68. The number of hydrogen-bond acceptors (Lipinski definition) is 4. The Morgan fingerprint density at radius 3 is 2.51 bits per heavy atom. The lowest BCUT2D eigenvalue weighted by atomic mass is 10.1. The second kappa shape index (κ2) is 9.35. The van der Waals surface area contributed by atoms with Crippen molar-refractivity contribution in [2.24, 2.45) is 0 Å². The van der Waals surface area contributed by atoms with E-state index in [2.05, 4.69) is 0 Å². The van der Waals surface area contributed by atoms with Crippen molar-refractivity contribution in [1.82, 2.24) is 14.7 Å². The number of nitrogen functional groups attached to an aromatic ring is 1. The minimum atomic E-state index is -0.613. The summed E-state index contributed by atoms with van der Waals surface area (Å²) in [5.74, 6) is -0.398. The van der Waals surface area contributed by atoms with E-state index in [1.165, 1.54) is 12.1 Å². The molecule has 3 aromatic carbocycles. The van der Waals surface area contributed by atoms with Crippen molar-refractivity contribution in [1.29, 1.82) is 0 Å². The van der Waals surface area contributed by atoms with Gasteiger partial charge in [0.1, 0.15) is 17.6 Å². The first-order valence-corrected chi connectivity index (χ1v) is 11.6. The molecular weight excluding hydrogens is 443 g/mol. The molecule has 2 atom stereocenters. The van der Waals surface area contributed by atoms with Gasteiger partial charge in [0.05, 0.1) is 5.69 Å². The lowest BCUT2D eigenvalue weighted by molar-refractivity contribution is -0.130. The van der Waals surface area contributed by atoms with Gasteiger partial charge >= 0.3 is 0 Å². The number of nitrogens with two attached hydrogens (primary N) is 1. The van der Waals surface area contributed by atoms with Crippen LogP contribution in [0.3, 0.4) is 0 Å². The Kier molecular flexibility index (Phi) is 6.09. The van der Waals surface area contributed by atoms with Crippen LogP contribution in [0.4, 0.5) is 10.1 Å². The second-order valence-corrected chi connectivity index (χ2v) is 8.88. The van der Waals surface area contributed by atoms with E-state index >= 15 is 0 Å². The van der Waals surface area contributed by atoms with E-state index in [1.807, 2.05) is 61.7 Å². The highest BCUT2D eigenvalue weighted by atomic mass is 19.1. The van der Waals surface area contributed by atoms with Gasteiger partial charge in [0.15, 0.2) is 6.23 Å². The Morgan fingerprint density at radius 1 is 1.06 bits per heavy atom. The fourth-order valence-electron chi connectivity index (χ4n) is 4.37. The molecule has 1 fully saturated rings. The molecular formula is C28H27FN4O2. The first-order valence-electron chi connectivity index (χ1n) is 11.6. The minimum absolute atomic E-state index is 0.0768. The summed E-state index contributed by atoms with van der Waals surface area (Å²) in [4.78, 5) is 14.8. The summed E-state index contributed by atoms with van der Waals surface area (Å²) in [5, 5.41) is 4.83. The third-order valence-corrected chi connectivity index (χ3v) is 6.26. The summed E-state index contributed by atoms with van der Waals surface area (Å²) in [6, 6.07) is 21.9. The van der Waals surface area contributed by atoms with Crippen molar-refractivity contribution in [3.05, 3.63) is 102 Å². The summed E-state index contributed by atoms with van der Waals surface area (Å²) in [6.07, 6.45) is 1.34. The first-order chi connectivity index (χ1) is 16.9. The molecule has 0 bridgehead atoms. The number of ether oxygens (including phenoxy) is 1. The predicted molar refractivity (Wildman–Crippen MR) is 133 cm³/mol. The summed E-state index contributed by atoms with van der Waals surface area (Å²) in [5.41, 5.74) is 11.8. The van der Waals surface area contributed by atoms with Crippen molar-refractivity contribution in [3.8, 4) is 16.9 Å². The molecule has 2 heterocycles. The van der Waals surface area contributed by atoms with Gasteiger partial charge in [-0.3, -0.25) is 4.79 Å². The Hall–Kier alpha value is -3.97. The van der Waals surface area contributed by atoms with Crippen LogP contribution >= 0.6 is 0 Å². The first kappa shape index (κ1) is 22.8. The molecule has 1 saturated heterocycles. The van der Waals surface area contributed by atoms with Crippen LogP contribution in [0.15, 0.2) is 79.0 Å². The zero-order valence-electron chi connectivity index (χ0n) is 19.7. The van der Waals surface area contributed by atoms with Gasteiger partial charge in [-0.25, -0.2) is 9.07 Å². The van der Waals surface area contributed by atoms with E-state index in [4.69, 9.17) is 15.6 Å². The van der Waals surface area contributed by atoms with Gasteiger partial charge in [-0.15, -0.1) is 0 Å². The molecule has 0 radical (unpaired) electrons. The van der Waals surface area contributed by atoms with Gasteiger partial charge in [-0.1, -0.05) is 29.8 Å². The molecule has 2 N–H and O–H groups in total. The highest BCUT2D eigenvalue weighted by Crippen LogP contribution is 2.37. The van der Waals surface area contributed by atoms with Crippen LogP contribution in [0.5, 0.6) is 0 Å². The van der Waals surface area contributed by atoms with Crippen LogP contribution in [0.1, 0.15) is 29.8 Å². The maximum atomic E-state index is 13.7. The lowest BCUT2D eigenvalue weighted by Gasteiger charge is -2.23. The van der Waals surface area contributed by atoms with Gasteiger partial charge in [0.25, 0.3) is 5.91 Å². The van der Waals surface area contributed by atoms with Gasteiger partial charge in [0.2, 0.25) is 0 Å². The molecule has 5 rings (SSSR count). The number of carbonyl (C=O) groups excluding carboxylic acids is 1. The zero-order valence-corrected chi connectivity index (χ0v) is 19.7. The van der Waals surface area contributed by atoms with Crippen LogP contribution in [0.2, 0.25) is 0 Å². The fourth-order valence-corrected chi connectivity index (χ4v) is 4.37. The van der Waals surface area contributed by atoms with E-state index in [-0.39, 0.29) is 11.7 Å². The number of nitrogens with zero attached hydrogens (tertiary/aromatic N) is 3. The van der Waals surface area contributed by atoms with Gasteiger partial charge < -0.3 is 15.4 Å². The molecule has 35 heavy (non-hydrogen) atoms. The van der Waals surface area contributed by atoms with E-state index in [1.54, 1.807) is 28.6 Å². The zero-order chi connectivity index (χ0) is 24.5. The molecule has 0 spiro atoms. The average molecular weight is 471 g/mol. The van der Waals surface area contributed by atoms with Crippen LogP contribution in [0.25, 0.3) is 16.9 Å². The standard InChI is InChI=1S/C28H27FN4O2/c1-18-6-12-24(13-7-18)33-17-25(26(31-33)21-8-10-22(29)11-9-21)28-32(27(34)19(2)35-28)15-14-20-4-3-5-23(30)16-20/h3-13,16-17,19,28H,14-15,30H2,1-2H3/t19-,28-/m0/s1. The Labute approximate surface area is 203 Å². The number of benzene rings is 3. The molecule has 4 aromatic rings. The summed E-state index contributed by atoms with van der Waals surface area (Å²) in [7, 11) is 0. The molecule has 178 valence electrons. The Balaban J connectivity index is 1.54. The van der Waals surface area contributed by atoms with Gasteiger partial charge in [-0.05, 0) is 74.4 Å². The van der Waals surface area contributed by atoms with Crippen molar-refractivity contribution in [2.45, 2.75) is 32.6 Å². The van der Waals surface area contributed by atoms with Crippen molar-refractivity contribution >= 4 is 11.6 Å². The number of hydrogen-bond donors (Lipinski definition) is 1. The highest BCUT2D eigenvalue weighted by Gasteiger charge is 2.40. The smallest absolute Gasteiger partial charge is 0.253 e. The number of carbonyl (C=O) groups is 1. The monoisotopic (exact) mass is 470 g/mol. The van der Waals surface area contributed by atoms with Crippen LogP contribution < -0.4 is 5.73 Å². The topological polar surface area (TPSA) is 73.4 Å². The Morgan fingerprint density at radius 2 is 1.80 bits per heavy atom. The minimum Gasteiger partial charge on any atom is -0.399 e. The molecule has 0 unspecified atom stereocenters. The SMILES string of the molecule is Cc1ccc(-n2cc([C@@H]3O[C@@H](C)C(=O)N3CCc3cccc(N)c3)c(-c3ccc(F)cc3)n2)cc1. The van der Waals surface area contributed by atoms with Gasteiger partial charge in [-0.2, -0.15) is 5.10 Å². The lowest BCUT2D eigenvalue weighted by Crippen LogP contribution is -2.32. The van der Waals surface area contributed by atoms with Crippen LogP contribution in [-0.2, 0) is 16.0 Å². The number of anilines is 1. The summed E-state index contributed by atoms with van der Waals surface area (Å²) < 4.78 is 21.6. The third-order valence-electron chi connectivity index (χ3n) is 6.26. The molecule has 1 amide bonds. The number of aryl methyl sites for hydroxylation is 1. The van der Waals surface area contributed by atoms with Crippen LogP contribution in [0, 0.1) is 12.7 Å². The fraction of sp³-hybridized carbons (Fsp3) is 0.214. The quantitative estimate of drug-likeness (QED) is 0.400.